The van der Waals surface area contributed by atoms with Crippen LogP contribution in [0.15, 0.2) is 47.3 Å². The van der Waals surface area contributed by atoms with Crippen molar-refractivity contribution < 1.29 is 4.74 Å². The van der Waals surface area contributed by atoms with Gasteiger partial charge in [0.2, 0.25) is 5.43 Å². The number of benzene rings is 1. The first-order valence-corrected chi connectivity index (χ1v) is 9.54. The van der Waals surface area contributed by atoms with Crippen LogP contribution in [0.1, 0.15) is 62.8 Å². The minimum absolute atomic E-state index is 0.0727. The monoisotopic (exact) mass is 350 g/mol. The Labute approximate surface area is 157 Å². The lowest BCUT2D eigenvalue weighted by atomic mass is 9.63. The molecule has 0 amide bonds. The molecule has 0 radical (unpaired) electrons. The summed E-state index contributed by atoms with van der Waals surface area (Å²) in [7, 11) is 1.53. The molecule has 0 aromatic heterocycles. The van der Waals surface area contributed by atoms with E-state index < -0.39 is 0 Å². The SMILES string of the molecule is COc1ccc(CCc2ccc3c(c2)C(C)(C)CCC3(C)C)ccc1=O. The molecule has 0 aliphatic heterocycles. The van der Waals surface area contributed by atoms with Crippen molar-refractivity contribution in [1.82, 2.24) is 0 Å². The Balaban J connectivity index is 1.84. The molecule has 0 fully saturated rings. The van der Waals surface area contributed by atoms with E-state index in [2.05, 4.69) is 45.9 Å². The van der Waals surface area contributed by atoms with Gasteiger partial charge in [-0.25, -0.2) is 0 Å². The van der Waals surface area contributed by atoms with Crippen LogP contribution < -0.4 is 10.2 Å². The van der Waals surface area contributed by atoms with E-state index in [0.29, 0.717) is 5.75 Å². The molecular weight excluding hydrogens is 320 g/mol. The molecule has 0 saturated heterocycles. The highest BCUT2D eigenvalue weighted by atomic mass is 16.5. The second-order valence-electron chi connectivity index (χ2n) is 8.82. The molecule has 1 aliphatic rings. The topological polar surface area (TPSA) is 26.3 Å². The fraction of sp³-hybridized carbons (Fsp3) is 0.458. The summed E-state index contributed by atoms with van der Waals surface area (Å²) in [5.74, 6) is 0.397. The van der Waals surface area contributed by atoms with Crippen LogP contribution in [0.3, 0.4) is 0 Å². The first-order valence-electron chi connectivity index (χ1n) is 9.54. The van der Waals surface area contributed by atoms with Crippen LogP contribution in [-0.2, 0) is 23.7 Å². The van der Waals surface area contributed by atoms with Gasteiger partial charge in [-0.15, -0.1) is 0 Å². The lowest BCUT2D eigenvalue weighted by molar-refractivity contribution is 0.331. The Bertz CT molecular complexity index is 862. The first kappa shape index (κ1) is 18.7. The molecular formula is C24H30O2. The Hall–Kier alpha value is -2.09. The summed E-state index contributed by atoms with van der Waals surface area (Å²) in [5.41, 5.74) is 5.97. The third-order valence-corrected chi connectivity index (χ3v) is 5.98. The van der Waals surface area contributed by atoms with Crippen molar-refractivity contribution in [3.05, 3.63) is 74.9 Å². The molecule has 1 aliphatic carbocycles. The smallest absolute Gasteiger partial charge is 0.220 e. The van der Waals surface area contributed by atoms with Crippen molar-refractivity contribution in [3.63, 3.8) is 0 Å². The number of hydrogen-bond donors (Lipinski definition) is 0. The first-order chi connectivity index (χ1) is 12.2. The summed E-state index contributed by atoms with van der Waals surface area (Å²) in [6.45, 7) is 9.45. The molecule has 0 spiro atoms. The zero-order valence-corrected chi connectivity index (χ0v) is 16.7. The van der Waals surface area contributed by atoms with Crippen LogP contribution in [-0.4, -0.2) is 7.11 Å². The van der Waals surface area contributed by atoms with E-state index in [1.807, 2.05) is 12.1 Å². The molecule has 0 unspecified atom stereocenters. The summed E-state index contributed by atoms with van der Waals surface area (Å²) in [4.78, 5) is 11.8. The molecule has 0 atom stereocenters. The predicted molar refractivity (Wildman–Crippen MR) is 108 cm³/mol. The normalized spacial score (nSPS) is 17.4. The van der Waals surface area contributed by atoms with Crippen molar-refractivity contribution in [2.75, 3.05) is 7.11 Å². The Morgan fingerprint density at radius 1 is 0.808 bits per heavy atom. The zero-order chi connectivity index (χ0) is 18.9. The number of ether oxygens (including phenoxy) is 1. The summed E-state index contributed by atoms with van der Waals surface area (Å²) in [6.07, 6.45) is 4.37. The van der Waals surface area contributed by atoms with Gasteiger partial charge in [-0.3, -0.25) is 4.79 Å². The number of fused-ring (bicyclic) bond motifs is 1. The highest BCUT2D eigenvalue weighted by Crippen LogP contribution is 2.45. The molecule has 26 heavy (non-hydrogen) atoms. The van der Waals surface area contributed by atoms with Crippen LogP contribution >= 0.6 is 0 Å². The van der Waals surface area contributed by atoms with Crippen molar-refractivity contribution in [1.29, 1.82) is 0 Å². The minimum atomic E-state index is -0.0727. The van der Waals surface area contributed by atoms with Crippen molar-refractivity contribution in [2.45, 2.75) is 64.2 Å². The van der Waals surface area contributed by atoms with Crippen LogP contribution in [0, 0.1) is 0 Å². The Morgan fingerprint density at radius 3 is 2.08 bits per heavy atom. The summed E-state index contributed by atoms with van der Waals surface area (Å²) in [6, 6.07) is 14.3. The lowest BCUT2D eigenvalue weighted by Crippen LogP contribution is -2.33. The van der Waals surface area contributed by atoms with Gasteiger partial charge in [0.05, 0.1) is 7.11 Å². The maximum Gasteiger partial charge on any atom is 0.220 e. The molecule has 0 saturated carbocycles. The Kier molecular flexibility index (Phi) is 4.96. The number of rotatable bonds is 4. The van der Waals surface area contributed by atoms with Gasteiger partial charge < -0.3 is 4.74 Å². The van der Waals surface area contributed by atoms with E-state index in [-0.39, 0.29) is 16.3 Å². The van der Waals surface area contributed by atoms with Gasteiger partial charge in [-0.1, -0.05) is 58.0 Å². The Morgan fingerprint density at radius 2 is 1.38 bits per heavy atom. The van der Waals surface area contributed by atoms with Gasteiger partial charge in [0.15, 0.2) is 5.75 Å². The quantitative estimate of drug-likeness (QED) is 0.758. The molecule has 0 heterocycles. The summed E-state index contributed by atoms with van der Waals surface area (Å²) < 4.78 is 5.11. The molecule has 3 rings (SSSR count). The molecule has 2 aromatic rings. The summed E-state index contributed by atoms with van der Waals surface area (Å²) in [5, 5.41) is 0. The number of methoxy groups -OCH3 is 1. The standard InChI is InChI=1S/C24H30O2/c1-23(2)14-15-24(3,4)20-16-18(8-11-19(20)23)7-6-17-9-12-21(25)22(26-5)13-10-17/h8-13,16H,6-7,14-15H2,1-5H3. The van der Waals surface area contributed by atoms with Crippen LogP contribution in [0.2, 0.25) is 0 Å². The van der Waals surface area contributed by atoms with E-state index in [1.54, 1.807) is 12.1 Å². The molecule has 2 aromatic carbocycles. The fourth-order valence-corrected chi connectivity index (χ4v) is 4.00. The second-order valence-corrected chi connectivity index (χ2v) is 8.82. The molecule has 2 nitrogen and oxygen atoms in total. The largest absolute Gasteiger partial charge is 0.493 e. The van der Waals surface area contributed by atoms with Crippen molar-refractivity contribution in [2.24, 2.45) is 0 Å². The maximum atomic E-state index is 11.8. The van der Waals surface area contributed by atoms with Gasteiger partial charge in [-0.05, 0) is 70.9 Å². The number of hydrogen-bond acceptors (Lipinski definition) is 2. The van der Waals surface area contributed by atoms with Crippen LogP contribution in [0.5, 0.6) is 5.75 Å². The van der Waals surface area contributed by atoms with E-state index in [4.69, 9.17) is 4.74 Å². The highest BCUT2D eigenvalue weighted by Gasteiger charge is 2.36. The van der Waals surface area contributed by atoms with Crippen LogP contribution in [0.4, 0.5) is 0 Å². The number of aryl methyl sites for hydroxylation is 2. The predicted octanol–water partition coefficient (Wildman–Crippen LogP) is 5.19. The van der Waals surface area contributed by atoms with Crippen molar-refractivity contribution in [3.8, 4) is 5.75 Å². The third kappa shape index (κ3) is 3.70. The fourth-order valence-electron chi connectivity index (χ4n) is 4.00. The van der Waals surface area contributed by atoms with E-state index >= 15 is 0 Å². The van der Waals surface area contributed by atoms with Crippen LogP contribution in [0.25, 0.3) is 0 Å². The van der Waals surface area contributed by atoms with Gasteiger partial charge in [-0.2, -0.15) is 0 Å². The van der Waals surface area contributed by atoms with Gasteiger partial charge in [0, 0.05) is 0 Å². The average Bonchev–Trinajstić information content (AvgIpc) is 2.78. The van der Waals surface area contributed by atoms with Gasteiger partial charge in [0.25, 0.3) is 0 Å². The maximum absolute atomic E-state index is 11.8. The highest BCUT2D eigenvalue weighted by molar-refractivity contribution is 5.43. The van der Waals surface area contributed by atoms with Crippen molar-refractivity contribution >= 4 is 0 Å². The third-order valence-electron chi connectivity index (χ3n) is 5.98. The zero-order valence-electron chi connectivity index (χ0n) is 16.7. The van der Waals surface area contributed by atoms with E-state index in [0.717, 1.165) is 18.4 Å². The molecule has 2 heteroatoms. The molecule has 138 valence electrons. The van der Waals surface area contributed by atoms with E-state index in [1.165, 1.54) is 36.6 Å². The molecule has 0 bridgehead atoms. The lowest BCUT2D eigenvalue weighted by Gasteiger charge is -2.42. The van der Waals surface area contributed by atoms with Gasteiger partial charge in [0.1, 0.15) is 0 Å². The van der Waals surface area contributed by atoms with E-state index in [9.17, 15) is 4.79 Å². The average molecular weight is 351 g/mol. The molecule has 0 N–H and O–H groups in total. The second kappa shape index (κ2) is 6.90. The van der Waals surface area contributed by atoms with Gasteiger partial charge >= 0.3 is 0 Å². The summed E-state index contributed by atoms with van der Waals surface area (Å²) >= 11 is 0. The minimum Gasteiger partial charge on any atom is -0.493 e.